The molecule has 0 radical (unpaired) electrons. The van der Waals surface area contributed by atoms with E-state index < -0.39 is 0 Å². The van der Waals surface area contributed by atoms with Crippen LogP contribution in [0.1, 0.15) is 42.0 Å². The maximum absolute atomic E-state index is 2.30. The number of hydrogen-bond donors (Lipinski definition) is 0. The molecule has 0 spiro atoms. The van der Waals surface area contributed by atoms with Gasteiger partial charge in [0, 0.05) is 0 Å². The Balaban J connectivity index is 1.92. The highest BCUT2D eigenvalue weighted by Crippen LogP contribution is 2.24. The van der Waals surface area contributed by atoms with Gasteiger partial charge in [-0.15, -0.1) is 0 Å². The molecule has 0 saturated heterocycles. The van der Waals surface area contributed by atoms with E-state index in [4.69, 9.17) is 0 Å². The van der Waals surface area contributed by atoms with Crippen molar-refractivity contribution in [2.75, 3.05) is 0 Å². The molecule has 0 bridgehead atoms. The molecule has 0 aliphatic heterocycles. The van der Waals surface area contributed by atoms with Crippen molar-refractivity contribution in [1.82, 2.24) is 0 Å². The molecule has 3 aromatic carbocycles. The van der Waals surface area contributed by atoms with Crippen LogP contribution >= 0.6 is 0 Å². The SMILES string of the molecule is CC(C)c1ccc(C/C(=C/c2ccccc2)c2ccccc2)cc1. The van der Waals surface area contributed by atoms with E-state index in [1.165, 1.54) is 27.8 Å². The van der Waals surface area contributed by atoms with Gasteiger partial charge in [-0.1, -0.05) is 105 Å². The summed E-state index contributed by atoms with van der Waals surface area (Å²) < 4.78 is 0. The van der Waals surface area contributed by atoms with Gasteiger partial charge in [0.1, 0.15) is 0 Å². The van der Waals surface area contributed by atoms with Crippen LogP contribution < -0.4 is 0 Å². The first kappa shape index (κ1) is 16.3. The van der Waals surface area contributed by atoms with Crippen molar-refractivity contribution in [3.05, 3.63) is 107 Å². The van der Waals surface area contributed by atoms with Crippen LogP contribution in [-0.4, -0.2) is 0 Å². The van der Waals surface area contributed by atoms with Gasteiger partial charge >= 0.3 is 0 Å². The first-order chi connectivity index (χ1) is 11.7. The summed E-state index contributed by atoms with van der Waals surface area (Å²) in [5.74, 6) is 0.576. The first-order valence-electron chi connectivity index (χ1n) is 8.62. The maximum atomic E-state index is 2.30. The molecule has 0 unspecified atom stereocenters. The standard InChI is InChI=1S/C24H24/c1-19(2)22-15-13-21(14-16-22)18-24(23-11-7-4-8-12-23)17-20-9-5-3-6-10-20/h3-17,19H,18H2,1-2H3/b24-17-. The lowest BCUT2D eigenvalue weighted by Crippen LogP contribution is -1.93. The molecular weight excluding hydrogens is 288 g/mol. The Bertz CT molecular complexity index is 778. The molecule has 0 aromatic heterocycles. The van der Waals surface area contributed by atoms with Crippen LogP contribution in [0.4, 0.5) is 0 Å². The minimum absolute atomic E-state index is 0.576. The average Bonchev–Trinajstić information content (AvgIpc) is 2.63. The van der Waals surface area contributed by atoms with Gasteiger partial charge in [-0.05, 0) is 40.2 Å². The second-order valence-corrected chi connectivity index (χ2v) is 6.52. The molecule has 3 aromatic rings. The van der Waals surface area contributed by atoms with Crippen LogP contribution in [0.25, 0.3) is 11.6 Å². The Morgan fingerprint density at radius 2 is 1.33 bits per heavy atom. The van der Waals surface area contributed by atoms with E-state index in [1.54, 1.807) is 0 Å². The summed E-state index contributed by atoms with van der Waals surface area (Å²) in [6.45, 7) is 4.47. The van der Waals surface area contributed by atoms with E-state index in [0.29, 0.717) is 5.92 Å². The third kappa shape index (κ3) is 4.23. The highest BCUT2D eigenvalue weighted by Gasteiger charge is 2.05. The topological polar surface area (TPSA) is 0 Å². The van der Waals surface area contributed by atoms with Gasteiger partial charge in [0.25, 0.3) is 0 Å². The zero-order valence-electron chi connectivity index (χ0n) is 14.4. The molecule has 3 rings (SSSR count). The summed E-state index contributed by atoms with van der Waals surface area (Å²) in [5, 5.41) is 0. The van der Waals surface area contributed by atoms with E-state index in [1.807, 2.05) is 0 Å². The lowest BCUT2D eigenvalue weighted by molar-refractivity contribution is 0.865. The molecule has 0 atom stereocenters. The van der Waals surface area contributed by atoms with Crippen LogP contribution in [0.2, 0.25) is 0 Å². The second kappa shape index (κ2) is 7.79. The quantitative estimate of drug-likeness (QED) is 0.466. The van der Waals surface area contributed by atoms with Crippen LogP contribution in [0.5, 0.6) is 0 Å². The lowest BCUT2D eigenvalue weighted by Gasteiger charge is -2.11. The number of rotatable bonds is 5. The molecule has 0 saturated carbocycles. The molecule has 0 aliphatic rings. The predicted octanol–water partition coefficient (Wildman–Crippen LogP) is 6.59. The van der Waals surface area contributed by atoms with E-state index in [2.05, 4.69) is 105 Å². The van der Waals surface area contributed by atoms with Crippen LogP contribution in [0.15, 0.2) is 84.9 Å². The molecule has 0 amide bonds. The van der Waals surface area contributed by atoms with Gasteiger partial charge in [-0.2, -0.15) is 0 Å². The highest BCUT2D eigenvalue weighted by molar-refractivity contribution is 5.82. The maximum Gasteiger partial charge on any atom is -0.00196 e. The monoisotopic (exact) mass is 312 g/mol. The van der Waals surface area contributed by atoms with Crippen molar-refractivity contribution >= 4 is 11.6 Å². The molecule has 0 nitrogen and oxygen atoms in total. The summed E-state index contributed by atoms with van der Waals surface area (Å²) in [4.78, 5) is 0. The largest absolute Gasteiger partial charge is 0.0622 e. The fourth-order valence-electron chi connectivity index (χ4n) is 2.88. The molecular formula is C24H24. The van der Waals surface area contributed by atoms with Gasteiger partial charge < -0.3 is 0 Å². The third-order valence-electron chi connectivity index (χ3n) is 4.33. The smallest absolute Gasteiger partial charge is 0.00196 e. The summed E-state index contributed by atoms with van der Waals surface area (Å²) in [6.07, 6.45) is 3.24. The molecule has 0 aliphatic carbocycles. The normalized spacial score (nSPS) is 11.7. The zero-order chi connectivity index (χ0) is 16.8. The van der Waals surface area contributed by atoms with E-state index >= 15 is 0 Å². The Hall–Kier alpha value is -2.60. The van der Waals surface area contributed by atoms with Gasteiger partial charge in [0.05, 0.1) is 0 Å². The zero-order valence-corrected chi connectivity index (χ0v) is 14.4. The summed E-state index contributed by atoms with van der Waals surface area (Å²) in [5.41, 5.74) is 6.63. The van der Waals surface area contributed by atoms with Crippen molar-refractivity contribution in [3.63, 3.8) is 0 Å². The number of hydrogen-bond acceptors (Lipinski definition) is 0. The molecule has 24 heavy (non-hydrogen) atoms. The van der Waals surface area contributed by atoms with Gasteiger partial charge in [-0.25, -0.2) is 0 Å². The summed E-state index contributed by atoms with van der Waals surface area (Å²) in [6, 6.07) is 30.3. The second-order valence-electron chi connectivity index (χ2n) is 6.52. The Labute approximate surface area is 145 Å². The Kier molecular flexibility index (Phi) is 5.28. The molecule has 0 heterocycles. The molecule has 120 valence electrons. The third-order valence-corrected chi connectivity index (χ3v) is 4.33. The van der Waals surface area contributed by atoms with Crippen molar-refractivity contribution < 1.29 is 0 Å². The average molecular weight is 312 g/mol. The van der Waals surface area contributed by atoms with Crippen LogP contribution in [0, 0.1) is 0 Å². The van der Waals surface area contributed by atoms with Crippen molar-refractivity contribution in [1.29, 1.82) is 0 Å². The molecule has 0 fully saturated rings. The molecule has 0 heteroatoms. The summed E-state index contributed by atoms with van der Waals surface area (Å²) in [7, 11) is 0. The van der Waals surface area contributed by atoms with Crippen LogP contribution in [-0.2, 0) is 6.42 Å². The predicted molar refractivity (Wildman–Crippen MR) is 105 cm³/mol. The highest BCUT2D eigenvalue weighted by atomic mass is 14.1. The van der Waals surface area contributed by atoms with Crippen molar-refractivity contribution in [3.8, 4) is 0 Å². The minimum Gasteiger partial charge on any atom is -0.0622 e. The first-order valence-corrected chi connectivity index (χ1v) is 8.62. The Morgan fingerprint density at radius 3 is 1.92 bits per heavy atom. The van der Waals surface area contributed by atoms with Gasteiger partial charge in [-0.3, -0.25) is 0 Å². The summed E-state index contributed by atoms with van der Waals surface area (Å²) >= 11 is 0. The minimum atomic E-state index is 0.576. The fraction of sp³-hybridized carbons (Fsp3) is 0.167. The molecule has 0 N–H and O–H groups in total. The van der Waals surface area contributed by atoms with E-state index in [9.17, 15) is 0 Å². The van der Waals surface area contributed by atoms with E-state index in [-0.39, 0.29) is 0 Å². The van der Waals surface area contributed by atoms with Crippen molar-refractivity contribution in [2.24, 2.45) is 0 Å². The Morgan fingerprint density at radius 1 is 0.750 bits per heavy atom. The van der Waals surface area contributed by atoms with E-state index in [0.717, 1.165) is 6.42 Å². The van der Waals surface area contributed by atoms with Gasteiger partial charge in [0.15, 0.2) is 0 Å². The fourth-order valence-corrected chi connectivity index (χ4v) is 2.88. The van der Waals surface area contributed by atoms with Crippen LogP contribution in [0.3, 0.4) is 0 Å². The number of benzene rings is 3. The lowest BCUT2D eigenvalue weighted by atomic mass is 9.94. The van der Waals surface area contributed by atoms with Crippen molar-refractivity contribution in [2.45, 2.75) is 26.2 Å². The van der Waals surface area contributed by atoms with Gasteiger partial charge in [0.2, 0.25) is 0 Å². The number of allylic oxidation sites excluding steroid dienone is 1.